The second-order valence-electron chi connectivity index (χ2n) is 6.44. The van der Waals surface area contributed by atoms with Gasteiger partial charge in [0, 0.05) is 23.9 Å². The molecule has 2 aromatic heterocycles. The first-order chi connectivity index (χ1) is 11.1. The van der Waals surface area contributed by atoms with Crippen molar-refractivity contribution in [1.29, 1.82) is 0 Å². The number of hydrogen-bond donors (Lipinski definition) is 2. The van der Waals surface area contributed by atoms with E-state index in [4.69, 9.17) is 4.42 Å². The van der Waals surface area contributed by atoms with Gasteiger partial charge in [-0.15, -0.1) is 0 Å². The fourth-order valence-corrected chi connectivity index (χ4v) is 3.00. The molecule has 120 valence electrons. The van der Waals surface area contributed by atoms with Gasteiger partial charge < -0.3 is 14.7 Å². The van der Waals surface area contributed by atoms with Crippen LogP contribution in [-0.2, 0) is 0 Å². The summed E-state index contributed by atoms with van der Waals surface area (Å²) in [5.41, 5.74) is 1.35. The van der Waals surface area contributed by atoms with Gasteiger partial charge in [0.1, 0.15) is 5.82 Å². The third kappa shape index (κ3) is 2.78. The van der Waals surface area contributed by atoms with E-state index in [0.717, 1.165) is 37.2 Å². The van der Waals surface area contributed by atoms with Gasteiger partial charge in [-0.1, -0.05) is 0 Å². The first-order valence-corrected chi connectivity index (χ1v) is 7.92. The minimum atomic E-state index is -0.235. The molecule has 0 spiro atoms. The average molecular weight is 314 g/mol. The summed E-state index contributed by atoms with van der Waals surface area (Å²) in [6.45, 7) is 1.74. The van der Waals surface area contributed by atoms with Crippen molar-refractivity contribution in [3.05, 3.63) is 45.8 Å². The quantitative estimate of drug-likeness (QED) is 0.893. The number of aryl methyl sites for hydroxylation is 1. The van der Waals surface area contributed by atoms with Gasteiger partial charge in [-0.3, -0.25) is 9.59 Å². The second-order valence-corrected chi connectivity index (χ2v) is 6.44. The third-order valence-corrected chi connectivity index (χ3v) is 4.59. The van der Waals surface area contributed by atoms with E-state index < -0.39 is 0 Å². The lowest BCUT2D eigenvalue weighted by Gasteiger charge is -2.35. The van der Waals surface area contributed by atoms with Gasteiger partial charge in [0.15, 0.2) is 6.39 Å². The molecule has 2 aliphatic rings. The molecule has 1 amide bonds. The van der Waals surface area contributed by atoms with Gasteiger partial charge in [0.05, 0.1) is 11.4 Å². The molecule has 2 N–H and O–H groups in total. The Labute approximate surface area is 132 Å². The summed E-state index contributed by atoms with van der Waals surface area (Å²) in [5.74, 6) is 1.50. The number of H-pyrrole nitrogens is 1. The lowest BCUT2D eigenvalue weighted by atomic mass is 9.78. The Morgan fingerprint density at radius 2 is 2.13 bits per heavy atom. The van der Waals surface area contributed by atoms with Crippen molar-refractivity contribution in [1.82, 2.24) is 20.3 Å². The fraction of sp³-hybridized carbons (Fsp3) is 0.500. The molecule has 2 fully saturated rings. The van der Waals surface area contributed by atoms with Crippen LogP contribution in [0.1, 0.15) is 65.3 Å². The number of rotatable bonds is 4. The van der Waals surface area contributed by atoms with Crippen LogP contribution in [-0.4, -0.2) is 26.9 Å². The lowest BCUT2D eigenvalue weighted by molar-refractivity contribution is 0.0879. The van der Waals surface area contributed by atoms with Crippen LogP contribution < -0.4 is 10.9 Å². The molecule has 2 aliphatic carbocycles. The Kier molecular flexibility index (Phi) is 3.28. The molecule has 0 atom stereocenters. The van der Waals surface area contributed by atoms with E-state index >= 15 is 0 Å². The van der Waals surface area contributed by atoms with Crippen LogP contribution in [0.5, 0.6) is 0 Å². The molecule has 2 saturated carbocycles. The summed E-state index contributed by atoms with van der Waals surface area (Å²) in [4.78, 5) is 35.2. The van der Waals surface area contributed by atoms with Gasteiger partial charge in [0.2, 0.25) is 5.76 Å². The number of nitrogens with zero attached hydrogens (tertiary/aromatic N) is 2. The van der Waals surface area contributed by atoms with E-state index in [0.29, 0.717) is 11.6 Å². The third-order valence-electron chi connectivity index (χ3n) is 4.59. The van der Waals surface area contributed by atoms with E-state index in [9.17, 15) is 9.59 Å². The average Bonchev–Trinajstić information content (AvgIpc) is 3.23. The molecule has 0 unspecified atom stereocenters. The monoisotopic (exact) mass is 314 g/mol. The summed E-state index contributed by atoms with van der Waals surface area (Å²) < 4.78 is 5.09. The molecule has 0 bridgehead atoms. The number of hydrogen-bond acceptors (Lipinski definition) is 5. The van der Waals surface area contributed by atoms with Gasteiger partial charge in [-0.25, -0.2) is 9.97 Å². The molecule has 7 heteroatoms. The Bertz CT molecular complexity index is 800. The van der Waals surface area contributed by atoms with Crippen molar-refractivity contribution >= 4 is 5.91 Å². The predicted octanol–water partition coefficient (Wildman–Crippen LogP) is 1.62. The molecule has 7 nitrogen and oxygen atoms in total. The standard InChI is InChI=1S/C16H18N4O3/c1-8-14(23-7-17-8)16(22)18-11-4-10(5-11)12-6-13(21)20-15(19-12)9-2-3-9/h6-7,9-11H,2-5H2,1H3,(H,18,22)(H,19,20,21). The summed E-state index contributed by atoms with van der Waals surface area (Å²) in [6, 6.07) is 1.66. The van der Waals surface area contributed by atoms with E-state index in [2.05, 4.69) is 20.3 Å². The maximum absolute atomic E-state index is 12.1. The number of aromatic amines is 1. The second kappa shape index (κ2) is 5.33. The molecule has 0 aliphatic heterocycles. The number of carbonyl (C=O) groups excluding carboxylic acids is 1. The highest BCUT2D eigenvalue weighted by Crippen LogP contribution is 2.40. The highest BCUT2D eigenvalue weighted by molar-refractivity contribution is 5.92. The van der Waals surface area contributed by atoms with Crippen LogP contribution in [0.2, 0.25) is 0 Å². The molecule has 2 aromatic rings. The summed E-state index contributed by atoms with van der Waals surface area (Å²) in [5, 5.41) is 2.94. The van der Waals surface area contributed by atoms with Crippen LogP contribution >= 0.6 is 0 Å². The fourth-order valence-electron chi connectivity index (χ4n) is 3.00. The molecule has 0 aromatic carbocycles. The largest absolute Gasteiger partial charge is 0.438 e. The zero-order chi connectivity index (χ0) is 16.0. The molecule has 4 rings (SSSR count). The summed E-state index contributed by atoms with van der Waals surface area (Å²) in [6.07, 6.45) is 5.06. The SMILES string of the molecule is Cc1ncoc1C(=O)NC1CC(c2cc(=O)[nH]c(C3CC3)n2)C1. The Hall–Kier alpha value is -2.44. The van der Waals surface area contributed by atoms with Gasteiger partial charge in [-0.05, 0) is 32.6 Å². The van der Waals surface area contributed by atoms with Gasteiger partial charge >= 0.3 is 0 Å². The van der Waals surface area contributed by atoms with Crippen LogP contribution in [0, 0.1) is 6.92 Å². The van der Waals surface area contributed by atoms with Crippen molar-refractivity contribution in [3.63, 3.8) is 0 Å². The highest BCUT2D eigenvalue weighted by atomic mass is 16.3. The number of nitrogens with one attached hydrogen (secondary N) is 2. The zero-order valence-corrected chi connectivity index (χ0v) is 12.8. The van der Waals surface area contributed by atoms with Crippen molar-refractivity contribution in [2.75, 3.05) is 0 Å². The van der Waals surface area contributed by atoms with E-state index in [1.165, 1.54) is 6.39 Å². The zero-order valence-electron chi connectivity index (χ0n) is 12.8. The normalized spacial score (nSPS) is 23.3. The smallest absolute Gasteiger partial charge is 0.289 e. The van der Waals surface area contributed by atoms with Crippen molar-refractivity contribution < 1.29 is 9.21 Å². The Balaban J connectivity index is 1.39. The number of oxazole rings is 1. The van der Waals surface area contributed by atoms with Crippen molar-refractivity contribution in [3.8, 4) is 0 Å². The van der Waals surface area contributed by atoms with E-state index in [1.807, 2.05) is 0 Å². The Morgan fingerprint density at radius 1 is 1.35 bits per heavy atom. The maximum atomic E-state index is 12.1. The molecular formula is C16H18N4O3. The van der Waals surface area contributed by atoms with Crippen molar-refractivity contribution in [2.45, 2.75) is 50.5 Å². The highest BCUT2D eigenvalue weighted by Gasteiger charge is 2.35. The van der Waals surface area contributed by atoms with Crippen LogP contribution in [0.3, 0.4) is 0 Å². The topological polar surface area (TPSA) is 101 Å². The molecule has 0 saturated heterocycles. The minimum absolute atomic E-state index is 0.0818. The lowest BCUT2D eigenvalue weighted by Crippen LogP contribution is -2.43. The predicted molar refractivity (Wildman–Crippen MR) is 81.3 cm³/mol. The first-order valence-electron chi connectivity index (χ1n) is 7.92. The maximum Gasteiger partial charge on any atom is 0.289 e. The number of aromatic nitrogens is 3. The number of carbonyl (C=O) groups is 1. The number of amides is 1. The van der Waals surface area contributed by atoms with Gasteiger partial charge in [0.25, 0.3) is 11.5 Å². The molecule has 2 heterocycles. The minimum Gasteiger partial charge on any atom is -0.438 e. The Morgan fingerprint density at radius 3 is 2.78 bits per heavy atom. The van der Waals surface area contributed by atoms with Gasteiger partial charge in [-0.2, -0.15) is 0 Å². The van der Waals surface area contributed by atoms with Crippen LogP contribution in [0.15, 0.2) is 21.7 Å². The first kappa shape index (κ1) is 14.2. The van der Waals surface area contributed by atoms with Crippen LogP contribution in [0.25, 0.3) is 0 Å². The van der Waals surface area contributed by atoms with Crippen molar-refractivity contribution in [2.24, 2.45) is 0 Å². The molecule has 23 heavy (non-hydrogen) atoms. The van der Waals surface area contributed by atoms with Crippen LogP contribution in [0.4, 0.5) is 0 Å². The molecule has 0 radical (unpaired) electrons. The summed E-state index contributed by atoms with van der Waals surface area (Å²) >= 11 is 0. The van der Waals surface area contributed by atoms with E-state index in [-0.39, 0.29) is 29.2 Å². The summed E-state index contributed by atoms with van der Waals surface area (Å²) in [7, 11) is 0. The molecular weight excluding hydrogens is 296 g/mol. The van der Waals surface area contributed by atoms with E-state index in [1.54, 1.807) is 13.0 Å².